The number of carbonyl (C=O) groups excluding carboxylic acids is 1. The fraction of sp³-hybridized carbons (Fsp3) is 0.158. The van der Waals surface area contributed by atoms with Crippen LogP contribution in [0.1, 0.15) is 6.92 Å². The van der Waals surface area contributed by atoms with Crippen LogP contribution in [0.2, 0.25) is 0 Å². The van der Waals surface area contributed by atoms with Crippen molar-refractivity contribution in [1.29, 1.82) is 0 Å². The highest BCUT2D eigenvalue weighted by Gasteiger charge is 2.15. The van der Waals surface area contributed by atoms with E-state index in [4.69, 9.17) is 4.74 Å². The predicted octanol–water partition coefficient (Wildman–Crippen LogP) is 4.14. The zero-order valence-corrected chi connectivity index (χ0v) is 15.2. The Morgan fingerprint density at radius 3 is 2.04 bits per heavy atom. The number of carbonyl (C=O) groups is 1. The van der Waals surface area contributed by atoms with Crippen molar-refractivity contribution in [3.63, 3.8) is 0 Å². The van der Waals surface area contributed by atoms with Crippen LogP contribution in [-0.4, -0.2) is 33.5 Å². The maximum atomic E-state index is 13.3. The summed E-state index contributed by atoms with van der Waals surface area (Å²) in [5.74, 6) is -1.07. The summed E-state index contributed by atoms with van der Waals surface area (Å²) in [6, 6.07) is 11.6. The Balaban J connectivity index is 1.98. The molecule has 0 saturated heterocycles. The fourth-order valence-corrected chi connectivity index (χ4v) is 2.89. The number of nitrogens with zero attached hydrogens (tertiary/aromatic N) is 3. The van der Waals surface area contributed by atoms with Crippen LogP contribution < -0.4 is 0 Å². The molecule has 0 N–H and O–H groups in total. The zero-order valence-electron chi connectivity index (χ0n) is 14.4. The third-order valence-corrected chi connectivity index (χ3v) is 4.34. The van der Waals surface area contributed by atoms with E-state index in [-0.39, 0.29) is 28.5 Å². The predicted molar refractivity (Wildman–Crippen MR) is 98.0 cm³/mol. The first-order chi connectivity index (χ1) is 13.1. The van der Waals surface area contributed by atoms with Gasteiger partial charge in [-0.15, -0.1) is 10.2 Å². The van der Waals surface area contributed by atoms with Crippen molar-refractivity contribution in [1.82, 2.24) is 15.2 Å². The monoisotopic (exact) mass is 387 g/mol. The van der Waals surface area contributed by atoms with Gasteiger partial charge >= 0.3 is 5.97 Å². The van der Waals surface area contributed by atoms with Gasteiger partial charge in [0, 0.05) is 11.1 Å². The molecule has 0 atom stereocenters. The number of esters is 1. The van der Waals surface area contributed by atoms with Gasteiger partial charge in [-0.3, -0.25) is 4.79 Å². The number of aromatic nitrogens is 3. The van der Waals surface area contributed by atoms with Crippen LogP contribution in [0.5, 0.6) is 0 Å². The Morgan fingerprint density at radius 2 is 1.48 bits per heavy atom. The molecule has 0 bridgehead atoms. The van der Waals surface area contributed by atoms with Gasteiger partial charge in [0.1, 0.15) is 23.0 Å². The first-order valence-electron chi connectivity index (χ1n) is 8.12. The summed E-state index contributed by atoms with van der Waals surface area (Å²) in [6.07, 6.45) is 0. The maximum absolute atomic E-state index is 13.3. The first-order valence-corrected chi connectivity index (χ1v) is 9.10. The zero-order chi connectivity index (χ0) is 19.2. The molecule has 1 heterocycles. The van der Waals surface area contributed by atoms with Gasteiger partial charge in [0.2, 0.25) is 5.16 Å². The molecule has 0 spiro atoms. The molecule has 8 heteroatoms. The van der Waals surface area contributed by atoms with E-state index < -0.39 is 0 Å². The second kappa shape index (κ2) is 8.68. The number of hydrogen-bond donors (Lipinski definition) is 0. The quantitative estimate of drug-likeness (QED) is 0.468. The Labute approximate surface area is 158 Å². The van der Waals surface area contributed by atoms with Crippen molar-refractivity contribution in [3.8, 4) is 22.5 Å². The van der Waals surface area contributed by atoms with Crippen LogP contribution in [0.25, 0.3) is 22.5 Å². The van der Waals surface area contributed by atoms with E-state index in [0.717, 1.165) is 11.8 Å². The van der Waals surface area contributed by atoms with Crippen LogP contribution >= 0.6 is 11.8 Å². The lowest BCUT2D eigenvalue weighted by Gasteiger charge is -2.09. The number of hydrogen-bond acceptors (Lipinski definition) is 6. The second-order valence-electron chi connectivity index (χ2n) is 5.40. The minimum Gasteiger partial charge on any atom is -0.465 e. The average molecular weight is 387 g/mol. The largest absolute Gasteiger partial charge is 0.465 e. The number of thioether (sulfide) groups is 1. The lowest BCUT2D eigenvalue weighted by atomic mass is 10.0. The maximum Gasteiger partial charge on any atom is 0.316 e. The highest BCUT2D eigenvalue weighted by molar-refractivity contribution is 7.99. The lowest BCUT2D eigenvalue weighted by molar-refractivity contribution is -0.139. The Kier molecular flexibility index (Phi) is 6.08. The van der Waals surface area contributed by atoms with E-state index in [1.807, 2.05) is 0 Å². The Morgan fingerprint density at radius 1 is 0.926 bits per heavy atom. The highest BCUT2D eigenvalue weighted by Crippen LogP contribution is 2.30. The molecule has 0 unspecified atom stereocenters. The summed E-state index contributed by atoms with van der Waals surface area (Å²) >= 11 is 1.09. The van der Waals surface area contributed by atoms with Crippen molar-refractivity contribution in [2.45, 2.75) is 12.1 Å². The normalized spacial score (nSPS) is 10.6. The summed E-state index contributed by atoms with van der Waals surface area (Å²) in [6.45, 7) is 2.02. The van der Waals surface area contributed by atoms with Gasteiger partial charge < -0.3 is 4.74 Å². The van der Waals surface area contributed by atoms with E-state index >= 15 is 0 Å². The van der Waals surface area contributed by atoms with Gasteiger partial charge in [-0.05, 0) is 55.5 Å². The molecule has 5 nitrogen and oxygen atoms in total. The molecule has 0 aliphatic carbocycles. The van der Waals surface area contributed by atoms with Crippen LogP contribution in [0.3, 0.4) is 0 Å². The van der Waals surface area contributed by atoms with E-state index in [1.165, 1.54) is 24.3 Å². The minimum absolute atomic E-state index is 0.0499. The van der Waals surface area contributed by atoms with Crippen molar-refractivity contribution in [3.05, 3.63) is 60.2 Å². The molecule has 0 saturated carbocycles. The summed E-state index contributed by atoms with van der Waals surface area (Å²) in [7, 11) is 0. The Hall–Kier alpha value is -2.87. The van der Waals surface area contributed by atoms with E-state index in [0.29, 0.717) is 29.1 Å². The molecule has 3 rings (SSSR count). The van der Waals surface area contributed by atoms with Gasteiger partial charge in [-0.1, -0.05) is 11.8 Å². The van der Waals surface area contributed by atoms with Crippen molar-refractivity contribution in [2.75, 3.05) is 12.4 Å². The van der Waals surface area contributed by atoms with Crippen LogP contribution in [0.15, 0.2) is 53.7 Å². The summed E-state index contributed by atoms with van der Waals surface area (Å²) < 4.78 is 31.4. The molecule has 0 aliphatic rings. The highest BCUT2D eigenvalue weighted by atomic mass is 32.2. The number of ether oxygens (including phenoxy) is 1. The van der Waals surface area contributed by atoms with Gasteiger partial charge in [-0.25, -0.2) is 13.8 Å². The fourth-order valence-electron chi connectivity index (χ4n) is 2.31. The summed E-state index contributed by atoms with van der Waals surface area (Å²) in [5.41, 5.74) is 2.14. The van der Waals surface area contributed by atoms with Crippen molar-refractivity contribution in [2.24, 2.45) is 0 Å². The molecule has 3 aromatic rings. The number of benzene rings is 2. The van der Waals surface area contributed by atoms with E-state index in [1.54, 1.807) is 31.2 Å². The SMILES string of the molecule is CCOC(=O)CSc1nnc(-c2ccc(F)cc2)c(-c2ccc(F)cc2)n1. The summed E-state index contributed by atoms with van der Waals surface area (Å²) in [5, 5.41) is 8.52. The second-order valence-corrected chi connectivity index (χ2v) is 6.34. The van der Waals surface area contributed by atoms with Crippen LogP contribution in [0, 0.1) is 11.6 Å². The summed E-state index contributed by atoms with van der Waals surface area (Å²) in [4.78, 5) is 16.0. The average Bonchev–Trinajstić information content (AvgIpc) is 2.68. The van der Waals surface area contributed by atoms with Crippen molar-refractivity contribution >= 4 is 17.7 Å². The molecule has 1 aromatic heterocycles. The smallest absolute Gasteiger partial charge is 0.316 e. The molecule has 0 fully saturated rings. The topological polar surface area (TPSA) is 65.0 Å². The van der Waals surface area contributed by atoms with Crippen molar-refractivity contribution < 1.29 is 18.3 Å². The molecule has 27 heavy (non-hydrogen) atoms. The molecular weight excluding hydrogens is 372 g/mol. The molecule has 0 radical (unpaired) electrons. The third-order valence-electron chi connectivity index (χ3n) is 3.53. The third kappa shape index (κ3) is 4.85. The molecule has 138 valence electrons. The van der Waals surface area contributed by atoms with Gasteiger partial charge in [-0.2, -0.15) is 0 Å². The van der Waals surface area contributed by atoms with E-state index in [9.17, 15) is 13.6 Å². The molecule has 2 aromatic carbocycles. The van der Waals surface area contributed by atoms with Gasteiger partial charge in [0.15, 0.2) is 0 Å². The number of rotatable bonds is 6. The van der Waals surface area contributed by atoms with Crippen LogP contribution in [-0.2, 0) is 9.53 Å². The number of halogens is 2. The lowest BCUT2D eigenvalue weighted by Crippen LogP contribution is -2.08. The van der Waals surface area contributed by atoms with Gasteiger partial charge in [0.25, 0.3) is 0 Å². The standard InChI is InChI=1S/C19H15F2N3O2S/c1-2-26-16(25)11-27-19-22-17(12-3-7-14(20)8-4-12)18(23-24-19)13-5-9-15(21)10-6-13/h3-10H,2,11H2,1H3. The Bertz CT molecular complexity index is 935. The van der Waals surface area contributed by atoms with Gasteiger partial charge in [0.05, 0.1) is 12.4 Å². The molecule has 0 amide bonds. The minimum atomic E-state index is -0.378. The van der Waals surface area contributed by atoms with Crippen LogP contribution in [0.4, 0.5) is 8.78 Å². The first kappa shape index (κ1) is 18.9. The molecular formula is C19H15F2N3O2S. The van der Waals surface area contributed by atoms with E-state index in [2.05, 4.69) is 15.2 Å². The molecule has 0 aliphatic heterocycles.